The summed E-state index contributed by atoms with van der Waals surface area (Å²) in [5.74, 6) is 1.26. The Kier molecular flexibility index (Phi) is 3.96. The zero-order valence-electron chi connectivity index (χ0n) is 16.6. The van der Waals surface area contributed by atoms with Gasteiger partial charge in [-0.25, -0.2) is 19.8 Å². The highest BCUT2D eigenvalue weighted by molar-refractivity contribution is 5.84. The van der Waals surface area contributed by atoms with Crippen molar-refractivity contribution in [2.75, 3.05) is 12.0 Å². The van der Waals surface area contributed by atoms with Gasteiger partial charge in [0.05, 0.1) is 19.8 Å². The second kappa shape index (κ2) is 6.84. The Morgan fingerprint density at radius 3 is 3.10 bits per heavy atom. The van der Waals surface area contributed by atoms with E-state index >= 15 is 0 Å². The van der Waals surface area contributed by atoms with Crippen LogP contribution in [0.2, 0.25) is 0 Å². The monoisotopic (exact) mass is 419 g/mol. The van der Waals surface area contributed by atoms with E-state index in [0.717, 1.165) is 34.0 Å². The van der Waals surface area contributed by atoms with Gasteiger partial charge in [-0.05, 0) is 41.6 Å². The second-order valence-electron chi connectivity index (χ2n) is 7.43. The van der Waals surface area contributed by atoms with E-state index in [1.165, 1.54) is 6.07 Å². The highest BCUT2D eigenvalue weighted by Gasteiger charge is 2.21. The molecule has 2 aliphatic rings. The first-order valence-corrected chi connectivity index (χ1v) is 9.91. The molecule has 0 atom stereocenters. The normalized spacial score (nSPS) is 15.1. The van der Waals surface area contributed by atoms with E-state index in [1.807, 2.05) is 23.6 Å². The number of hydrogen-bond donors (Lipinski definition) is 2. The molecule has 10 nitrogen and oxygen atoms in total. The number of nitrogens with zero attached hydrogens (tertiary/aromatic N) is 7. The van der Waals surface area contributed by atoms with Crippen molar-refractivity contribution in [1.82, 2.24) is 35.0 Å². The number of benzene rings is 1. The SMILES string of the molecule is Cc1ccc(-c2cnc(=NCc3c(F)ccc4c3CCO4)n3c2NNC3)c2nnnn12. The van der Waals surface area contributed by atoms with Crippen LogP contribution in [0.1, 0.15) is 16.8 Å². The van der Waals surface area contributed by atoms with Crippen LogP contribution in [0.5, 0.6) is 5.75 Å². The summed E-state index contributed by atoms with van der Waals surface area (Å²) in [6, 6.07) is 7.03. The van der Waals surface area contributed by atoms with Gasteiger partial charge in [-0.15, -0.1) is 5.10 Å². The molecule has 3 aromatic heterocycles. The molecule has 2 aliphatic heterocycles. The summed E-state index contributed by atoms with van der Waals surface area (Å²) >= 11 is 0. The van der Waals surface area contributed by atoms with Gasteiger partial charge in [0.25, 0.3) is 0 Å². The van der Waals surface area contributed by atoms with Crippen LogP contribution in [0.15, 0.2) is 35.5 Å². The Morgan fingerprint density at radius 2 is 2.16 bits per heavy atom. The molecule has 0 spiro atoms. The first kappa shape index (κ1) is 18.0. The molecule has 0 fully saturated rings. The Hall–Kier alpha value is -3.86. The zero-order chi connectivity index (χ0) is 20.9. The molecule has 0 amide bonds. The average Bonchev–Trinajstić information content (AvgIpc) is 3.53. The predicted octanol–water partition coefficient (Wildman–Crippen LogP) is 1.36. The highest BCUT2D eigenvalue weighted by Crippen LogP contribution is 2.31. The third-order valence-corrected chi connectivity index (χ3v) is 5.66. The fourth-order valence-corrected chi connectivity index (χ4v) is 4.10. The third-order valence-electron chi connectivity index (χ3n) is 5.66. The van der Waals surface area contributed by atoms with E-state index in [2.05, 4.69) is 36.4 Å². The Balaban J connectivity index is 1.45. The van der Waals surface area contributed by atoms with Gasteiger partial charge in [0, 0.05) is 40.6 Å². The summed E-state index contributed by atoms with van der Waals surface area (Å²) in [7, 11) is 0. The molecular weight excluding hydrogens is 401 g/mol. The van der Waals surface area contributed by atoms with Gasteiger partial charge < -0.3 is 10.2 Å². The molecule has 2 N–H and O–H groups in total. The Morgan fingerprint density at radius 1 is 1.23 bits per heavy atom. The number of hydrazine groups is 1. The van der Waals surface area contributed by atoms with E-state index in [9.17, 15) is 4.39 Å². The first-order valence-electron chi connectivity index (χ1n) is 9.91. The molecule has 0 saturated carbocycles. The molecule has 0 radical (unpaired) electrons. The maximum Gasteiger partial charge on any atom is 0.227 e. The van der Waals surface area contributed by atoms with Gasteiger partial charge in [-0.3, -0.25) is 4.57 Å². The first-order chi connectivity index (χ1) is 15.2. The molecule has 1 aromatic carbocycles. The summed E-state index contributed by atoms with van der Waals surface area (Å²) in [4.78, 5) is 9.18. The minimum absolute atomic E-state index is 0.188. The van der Waals surface area contributed by atoms with Crippen molar-refractivity contribution in [1.29, 1.82) is 0 Å². The lowest BCUT2D eigenvalue weighted by Crippen LogP contribution is -2.24. The van der Waals surface area contributed by atoms with Crippen LogP contribution in [0.4, 0.5) is 10.2 Å². The molecule has 0 aliphatic carbocycles. The quantitative estimate of drug-likeness (QED) is 0.516. The van der Waals surface area contributed by atoms with Crippen LogP contribution in [-0.2, 0) is 19.6 Å². The molecule has 4 aromatic rings. The molecule has 156 valence electrons. The number of tetrazole rings is 1. The number of nitrogens with one attached hydrogen (secondary N) is 2. The number of ether oxygens (including phenoxy) is 1. The van der Waals surface area contributed by atoms with E-state index in [1.54, 1.807) is 16.8 Å². The molecule has 6 rings (SSSR count). The largest absolute Gasteiger partial charge is 0.493 e. The van der Waals surface area contributed by atoms with Gasteiger partial charge in [0.2, 0.25) is 5.62 Å². The molecule has 11 heteroatoms. The molecule has 5 heterocycles. The zero-order valence-corrected chi connectivity index (χ0v) is 16.6. The van der Waals surface area contributed by atoms with Crippen molar-refractivity contribution >= 4 is 11.5 Å². The van der Waals surface area contributed by atoms with Gasteiger partial charge >= 0.3 is 0 Å². The molecular formula is C20H18FN9O. The summed E-state index contributed by atoms with van der Waals surface area (Å²) < 4.78 is 23.6. The Bertz CT molecular complexity index is 1410. The van der Waals surface area contributed by atoms with Gasteiger partial charge in [0.1, 0.15) is 17.4 Å². The fourth-order valence-electron chi connectivity index (χ4n) is 4.10. The fraction of sp³-hybridized carbons (Fsp3) is 0.250. The predicted molar refractivity (Wildman–Crippen MR) is 108 cm³/mol. The van der Waals surface area contributed by atoms with Crippen molar-refractivity contribution < 1.29 is 9.13 Å². The van der Waals surface area contributed by atoms with Crippen molar-refractivity contribution in [3.05, 3.63) is 58.7 Å². The minimum atomic E-state index is -0.274. The van der Waals surface area contributed by atoms with E-state index in [-0.39, 0.29) is 12.4 Å². The number of fused-ring (bicyclic) bond motifs is 3. The minimum Gasteiger partial charge on any atom is -0.493 e. The number of pyridine rings is 1. The maximum atomic E-state index is 14.5. The number of hydrogen-bond acceptors (Lipinski definition) is 8. The lowest BCUT2D eigenvalue weighted by Gasteiger charge is -2.11. The number of rotatable bonds is 3. The topological polar surface area (TPSA) is 107 Å². The van der Waals surface area contributed by atoms with Gasteiger partial charge in [-0.2, -0.15) is 4.52 Å². The van der Waals surface area contributed by atoms with Crippen LogP contribution < -0.4 is 21.2 Å². The lowest BCUT2D eigenvalue weighted by molar-refractivity contribution is 0.356. The van der Waals surface area contributed by atoms with Crippen LogP contribution >= 0.6 is 0 Å². The van der Waals surface area contributed by atoms with Gasteiger partial charge in [-0.1, -0.05) is 0 Å². The van der Waals surface area contributed by atoms with Crippen molar-refractivity contribution in [3.8, 4) is 16.9 Å². The molecule has 0 bridgehead atoms. The van der Waals surface area contributed by atoms with Crippen LogP contribution in [-0.4, -0.2) is 36.2 Å². The lowest BCUT2D eigenvalue weighted by atomic mass is 10.0. The summed E-state index contributed by atoms with van der Waals surface area (Å²) in [5, 5.41) is 12.0. The number of aryl methyl sites for hydroxylation is 1. The van der Waals surface area contributed by atoms with Crippen molar-refractivity contribution in [2.24, 2.45) is 4.99 Å². The summed E-state index contributed by atoms with van der Waals surface area (Å²) in [5.41, 5.74) is 11.5. The van der Waals surface area contributed by atoms with E-state index in [4.69, 9.17) is 4.74 Å². The van der Waals surface area contributed by atoms with E-state index < -0.39 is 0 Å². The van der Waals surface area contributed by atoms with Crippen LogP contribution in [0.25, 0.3) is 16.8 Å². The number of halogens is 1. The van der Waals surface area contributed by atoms with Crippen molar-refractivity contribution in [2.45, 2.75) is 26.6 Å². The van der Waals surface area contributed by atoms with Crippen molar-refractivity contribution in [3.63, 3.8) is 0 Å². The molecule has 0 unspecified atom stereocenters. The van der Waals surface area contributed by atoms with Crippen LogP contribution in [0.3, 0.4) is 0 Å². The summed E-state index contributed by atoms with van der Waals surface area (Å²) in [6.07, 6.45) is 2.42. The van der Waals surface area contributed by atoms with Crippen LogP contribution in [0, 0.1) is 12.7 Å². The highest BCUT2D eigenvalue weighted by atomic mass is 19.1. The average molecular weight is 419 g/mol. The Labute approximate surface area is 175 Å². The second-order valence-corrected chi connectivity index (χ2v) is 7.43. The molecule has 31 heavy (non-hydrogen) atoms. The number of aromatic nitrogens is 6. The smallest absolute Gasteiger partial charge is 0.227 e. The maximum absolute atomic E-state index is 14.5. The standard InChI is InChI=1S/C20H18FN9O/c1-11-2-3-13(19-26-27-28-30(11)19)15-9-23-20(29-10-24-25-18(15)29)22-8-14-12-6-7-31-17(12)5-4-16(14)21/h2-5,9,24-25H,6-8,10H2,1H3. The number of anilines is 1. The summed E-state index contributed by atoms with van der Waals surface area (Å²) in [6.45, 7) is 3.17. The van der Waals surface area contributed by atoms with E-state index in [0.29, 0.717) is 36.5 Å². The molecule has 0 saturated heterocycles. The van der Waals surface area contributed by atoms with Gasteiger partial charge in [0.15, 0.2) is 5.65 Å². The third kappa shape index (κ3) is 2.77.